The van der Waals surface area contributed by atoms with E-state index in [1.54, 1.807) is 6.07 Å². The van der Waals surface area contributed by atoms with Crippen molar-refractivity contribution in [1.82, 2.24) is 4.90 Å². The summed E-state index contributed by atoms with van der Waals surface area (Å²) in [6, 6.07) is 7.88. The third-order valence-electron chi connectivity index (χ3n) is 4.44. The molecule has 2 atom stereocenters. The first-order valence-electron chi connectivity index (χ1n) is 7.04. The summed E-state index contributed by atoms with van der Waals surface area (Å²) in [6.07, 6.45) is 3.65. The third kappa shape index (κ3) is 2.69. The van der Waals surface area contributed by atoms with Crippen LogP contribution in [0.2, 0.25) is 0 Å². The van der Waals surface area contributed by atoms with Gasteiger partial charge in [-0.05, 0) is 50.0 Å². The fourth-order valence-corrected chi connectivity index (χ4v) is 3.25. The SMILES string of the molecule is CCC(C)CC1(c2cccc(O)c2)CCN(C)C1. The van der Waals surface area contributed by atoms with Crippen LogP contribution < -0.4 is 0 Å². The van der Waals surface area contributed by atoms with Gasteiger partial charge in [-0.15, -0.1) is 0 Å². The molecule has 2 heteroatoms. The average molecular weight is 247 g/mol. The lowest BCUT2D eigenvalue weighted by atomic mass is 9.73. The van der Waals surface area contributed by atoms with Crippen LogP contribution in [0.5, 0.6) is 5.75 Å². The maximum atomic E-state index is 9.73. The van der Waals surface area contributed by atoms with Gasteiger partial charge in [0.15, 0.2) is 0 Å². The number of likely N-dealkylation sites (N-methyl/N-ethyl adjacent to an activating group) is 1. The fourth-order valence-electron chi connectivity index (χ4n) is 3.25. The molecule has 1 N–H and O–H groups in total. The maximum absolute atomic E-state index is 9.73. The van der Waals surface area contributed by atoms with E-state index in [9.17, 15) is 5.11 Å². The van der Waals surface area contributed by atoms with Gasteiger partial charge in [0.05, 0.1) is 0 Å². The van der Waals surface area contributed by atoms with Crippen molar-refractivity contribution >= 4 is 0 Å². The topological polar surface area (TPSA) is 23.5 Å². The Labute approximate surface area is 111 Å². The van der Waals surface area contributed by atoms with Crippen molar-refractivity contribution in [1.29, 1.82) is 0 Å². The van der Waals surface area contributed by atoms with Gasteiger partial charge in [-0.3, -0.25) is 0 Å². The highest BCUT2D eigenvalue weighted by Gasteiger charge is 2.39. The highest BCUT2D eigenvalue weighted by molar-refractivity contribution is 5.34. The predicted octanol–water partition coefficient (Wildman–Crippen LogP) is 3.40. The van der Waals surface area contributed by atoms with E-state index in [4.69, 9.17) is 0 Å². The van der Waals surface area contributed by atoms with Gasteiger partial charge >= 0.3 is 0 Å². The summed E-state index contributed by atoms with van der Waals surface area (Å²) in [5, 5.41) is 9.73. The number of aromatic hydroxyl groups is 1. The zero-order valence-electron chi connectivity index (χ0n) is 11.8. The van der Waals surface area contributed by atoms with Gasteiger partial charge < -0.3 is 10.0 Å². The van der Waals surface area contributed by atoms with Crippen LogP contribution in [0.3, 0.4) is 0 Å². The summed E-state index contributed by atoms with van der Waals surface area (Å²) in [5.74, 6) is 1.13. The van der Waals surface area contributed by atoms with Crippen LogP contribution in [0.4, 0.5) is 0 Å². The summed E-state index contributed by atoms with van der Waals surface area (Å²) in [5.41, 5.74) is 1.55. The van der Waals surface area contributed by atoms with Crippen LogP contribution in [-0.2, 0) is 5.41 Å². The van der Waals surface area contributed by atoms with Gasteiger partial charge in [0, 0.05) is 12.0 Å². The summed E-state index contributed by atoms with van der Waals surface area (Å²) >= 11 is 0. The molecule has 2 rings (SSSR count). The highest BCUT2D eigenvalue weighted by atomic mass is 16.3. The molecule has 1 aromatic carbocycles. The lowest BCUT2D eigenvalue weighted by Crippen LogP contribution is -2.31. The summed E-state index contributed by atoms with van der Waals surface area (Å²) in [6.45, 7) is 6.87. The molecule has 1 heterocycles. The normalized spacial score (nSPS) is 26.4. The Bertz CT molecular complexity index is 404. The molecule has 1 aliphatic rings. The number of nitrogens with zero attached hydrogens (tertiary/aromatic N) is 1. The standard InChI is InChI=1S/C16H25NO/c1-4-13(2)11-16(8-9-17(3)12-16)14-6-5-7-15(18)10-14/h5-7,10,13,18H,4,8-9,11-12H2,1-3H3. The number of phenols is 1. The second kappa shape index (κ2) is 5.31. The van der Waals surface area contributed by atoms with Crippen molar-refractivity contribution in [2.45, 2.75) is 38.5 Å². The highest BCUT2D eigenvalue weighted by Crippen LogP contribution is 2.41. The molecule has 2 unspecified atom stereocenters. The number of phenolic OH excluding ortho intramolecular Hbond substituents is 1. The zero-order valence-corrected chi connectivity index (χ0v) is 11.8. The Balaban J connectivity index is 2.30. The number of rotatable bonds is 4. The van der Waals surface area contributed by atoms with Crippen LogP contribution in [0.15, 0.2) is 24.3 Å². The predicted molar refractivity (Wildman–Crippen MR) is 76.0 cm³/mol. The monoisotopic (exact) mass is 247 g/mol. The number of benzene rings is 1. The first-order chi connectivity index (χ1) is 8.55. The lowest BCUT2D eigenvalue weighted by Gasteiger charge is -2.32. The van der Waals surface area contributed by atoms with E-state index in [0.29, 0.717) is 5.75 Å². The summed E-state index contributed by atoms with van der Waals surface area (Å²) < 4.78 is 0. The first-order valence-corrected chi connectivity index (χ1v) is 7.04. The van der Waals surface area contributed by atoms with Gasteiger partial charge in [-0.1, -0.05) is 32.4 Å². The van der Waals surface area contributed by atoms with Crippen molar-refractivity contribution in [3.63, 3.8) is 0 Å². The number of likely N-dealkylation sites (tertiary alicyclic amines) is 1. The smallest absolute Gasteiger partial charge is 0.115 e. The van der Waals surface area contributed by atoms with Crippen molar-refractivity contribution in [2.24, 2.45) is 5.92 Å². The summed E-state index contributed by atoms with van der Waals surface area (Å²) in [7, 11) is 2.20. The molecule has 0 bridgehead atoms. The van der Waals surface area contributed by atoms with Gasteiger partial charge in [-0.2, -0.15) is 0 Å². The Morgan fingerprint density at radius 2 is 2.22 bits per heavy atom. The van der Waals surface area contributed by atoms with E-state index in [1.807, 2.05) is 12.1 Å². The minimum atomic E-state index is 0.239. The van der Waals surface area contributed by atoms with Crippen molar-refractivity contribution < 1.29 is 5.11 Å². The molecule has 0 aliphatic carbocycles. The van der Waals surface area contributed by atoms with E-state index in [-0.39, 0.29) is 5.41 Å². The summed E-state index contributed by atoms with van der Waals surface area (Å²) in [4.78, 5) is 2.41. The van der Waals surface area contributed by atoms with Crippen LogP contribution >= 0.6 is 0 Å². The molecule has 1 aromatic rings. The quantitative estimate of drug-likeness (QED) is 0.881. The van der Waals surface area contributed by atoms with Crippen molar-refractivity contribution in [2.75, 3.05) is 20.1 Å². The van der Waals surface area contributed by atoms with E-state index in [2.05, 4.69) is 31.9 Å². The second-order valence-corrected chi connectivity index (χ2v) is 6.04. The third-order valence-corrected chi connectivity index (χ3v) is 4.44. The molecule has 0 aromatic heterocycles. The molecular formula is C16H25NO. The molecule has 1 aliphatic heterocycles. The Hall–Kier alpha value is -1.02. The number of hydrogen-bond acceptors (Lipinski definition) is 2. The van der Waals surface area contributed by atoms with Gasteiger partial charge in [0.25, 0.3) is 0 Å². The Kier molecular flexibility index (Phi) is 3.96. The molecule has 18 heavy (non-hydrogen) atoms. The lowest BCUT2D eigenvalue weighted by molar-refractivity contribution is 0.308. The molecule has 0 spiro atoms. The molecule has 0 radical (unpaired) electrons. The van der Waals surface area contributed by atoms with E-state index in [1.165, 1.54) is 24.8 Å². The minimum absolute atomic E-state index is 0.239. The van der Waals surface area contributed by atoms with E-state index >= 15 is 0 Å². The molecule has 2 nitrogen and oxygen atoms in total. The Morgan fingerprint density at radius 3 is 2.78 bits per heavy atom. The molecule has 0 saturated carbocycles. The molecule has 1 fully saturated rings. The number of hydrogen-bond donors (Lipinski definition) is 1. The van der Waals surface area contributed by atoms with E-state index in [0.717, 1.165) is 19.0 Å². The van der Waals surface area contributed by atoms with Gasteiger partial charge in [0.1, 0.15) is 5.75 Å². The fraction of sp³-hybridized carbons (Fsp3) is 0.625. The molecular weight excluding hydrogens is 222 g/mol. The molecule has 100 valence electrons. The Morgan fingerprint density at radius 1 is 1.44 bits per heavy atom. The molecule has 1 saturated heterocycles. The van der Waals surface area contributed by atoms with Crippen LogP contribution in [0, 0.1) is 5.92 Å². The zero-order chi connectivity index (χ0) is 13.2. The average Bonchev–Trinajstić information content (AvgIpc) is 2.72. The first kappa shape index (κ1) is 13.4. The second-order valence-electron chi connectivity index (χ2n) is 6.04. The minimum Gasteiger partial charge on any atom is -0.508 e. The van der Waals surface area contributed by atoms with Gasteiger partial charge in [0.2, 0.25) is 0 Å². The van der Waals surface area contributed by atoms with Crippen molar-refractivity contribution in [3.8, 4) is 5.75 Å². The maximum Gasteiger partial charge on any atom is 0.115 e. The van der Waals surface area contributed by atoms with Gasteiger partial charge in [-0.25, -0.2) is 0 Å². The van der Waals surface area contributed by atoms with Crippen LogP contribution in [-0.4, -0.2) is 30.1 Å². The van der Waals surface area contributed by atoms with Crippen LogP contribution in [0.25, 0.3) is 0 Å². The van der Waals surface area contributed by atoms with Crippen LogP contribution in [0.1, 0.15) is 38.7 Å². The largest absolute Gasteiger partial charge is 0.508 e. The van der Waals surface area contributed by atoms with E-state index < -0.39 is 0 Å². The molecule has 0 amide bonds. The van der Waals surface area contributed by atoms with Crippen molar-refractivity contribution in [3.05, 3.63) is 29.8 Å².